The maximum atomic E-state index is 10.5. The Morgan fingerprint density at radius 1 is 1.38 bits per heavy atom. The molecule has 2 atom stereocenters. The summed E-state index contributed by atoms with van der Waals surface area (Å²) in [6, 6.07) is 7.80. The van der Waals surface area contributed by atoms with Gasteiger partial charge in [-0.05, 0) is 24.1 Å². The van der Waals surface area contributed by atoms with Crippen molar-refractivity contribution in [2.45, 2.75) is 25.7 Å². The van der Waals surface area contributed by atoms with Gasteiger partial charge in [0.15, 0.2) is 0 Å². The van der Waals surface area contributed by atoms with Gasteiger partial charge in [0, 0.05) is 25.7 Å². The van der Waals surface area contributed by atoms with Crippen LogP contribution in [0.2, 0.25) is 0 Å². The number of benzene rings is 1. The zero-order valence-electron chi connectivity index (χ0n) is 12.1. The SMILES string of the molecule is CC1CN(Cc2ccc(/C=C/C(=O)O)cc2)CC(CO)O1. The molecule has 0 aliphatic carbocycles. The molecule has 0 aromatic heterocycles. The summed E-state index contributed by atoms with van der Waals surface area (Å²) in [5.41, 5.74) is 2.03. The van der Waals surface area contributed by atoms with Crippen LogP contribution in [0.5, 0.6) is 0 Å². The van der Waals surface area contributed by atoms with Gasteiger partial charge in [-0.25, -0.2) is 4.79 Å². The van der Waals surface area contributed by atoms with E-state index in [1.807, 2.05) is 31.2 Å². The largest absolute Gasteiger partial charge is 0.478 e. The summed E-state index contributed by atoms with van der Waals surface area (Å²) >= 11 is 0. The first kappa shape index (κ1) is 15.7. The highest BCUT2D eigenvalue weighted by Crippen LogP contribution is 2.15. The van der Waals surface area contributed by atoms with Crippen LogP contribution in [0.25, 0.3) is 6.08 Å². The molecule has 2 N–H and O–H groups in total. The van der Waals surface area contributed by atoms with Crippen LogP contribution in [0, 0.1) is 0 Å². The number of nitrogens with zero attached hydrogens (tertiary/aromatic N) is 1. The van der Waals surface area contributed by atoms with Crippen molar-refractivity contribution >= 4 is 12.0 Å². The second kappa shape index (κ2) is 7.36. The van der Waals surface area contributed by atoms with Crippen molar-refractivity contribution in [3.05, 3.63) is 41.5 Å². The van der Waals surface area contributed by atoms with Crippen LogP contribution in [-0.4, -0.2) is 53.0 Å². The highest BCUT2D eigenvalue weighted by atomic mass is 16.5. The van der Waals surface area contributed by atoms with E-state index in [2.05, 4.69) is 4.90 Å². The van der Waals surface area contributed by atoms with Crippen molar-refractivity contribution in [2.24, 2.45) is 0 Å². The van der Waals surface area contributed by atoms with Crippen LogP contribution < -0.4 is 0 Å². The zero-order valence-corrected chi connectivity index (χ0v) is 12.1. The number of ether oxygens (including phenoxy) is 1. The summed E-state index contributed by atoms with van der Waals surface area (Å²) in [6.45, 7) is 4.42. The lowest BCUT2D eigenvalue weighted by Crippen LogP contribution is -2.47. The first-order valence-corrected chi connectivity index (χ1v) is 7.05. The van der Waals surface area contributed by atoms with Gasteiger partial charge in [-0.15, -0.1) is 0 Å². The number of carboxylic acids is 1. The summed E-state index contributed by atoms with van der Waals surface area (Å²) in [7, 11) is 0. The molecule has 0 radical (unpaired) electrons. The number of aliphatic hydroxyl groups is 1. The van der Waals surface area contributed by atoms with Gasteiger partial charge < -0.3 is 14.9 Å². The highest BCUT2D eigenvalue weighted by molar-refractivity contribution is 5.85. The Hall–Kier alpha value is -1.69. The van der Waals surface area contributed by atoms with Crippen LogP contribution >= 0.6 is 0 Å². The predicted molar refractivity (Wildman–Crippen MR) is 79.8 cm³/mol. The first-order chi connectivity index (χ1) is 10.1. The number of rotatable bonds is 5. The Morgan fingerprint density at radius 2 is 2.10 bits per heavy atom. The van der Waals surface area contributed by atoms with Gasteiger partial charge in [0.1, 0.15) is 0 Å². The number of carbonyl (C=O) groups is 1. The standard InChI is InChI=1S/C16H21NO4/c1-12-8-17(10-15(11-18)21-12)9-14-4-2-13(3-5-14)6-7-16(19)20/h2-7,12,15,18H,8-11H2,1H3,(H,19,20)/b7-6+. The summed E-state index contributed by atoms with van der Waals surface area (Å²) in [5, 5.41) is 17.8. The molecule has 5 nitrogen and oxygen atoms in total. The van der Waals surface area contributed by atoms with Gasteiger partial charge in [0.25, 0.3) is 0 Å². The van der Waals surface area contributed by atoms with Crippen molar-refractivity contribution in [3.8, 4) is 0 Å². The molecular formula is C16H21NO4. The molecule has 2 unspecified atom stereocenters. The maximum Gasteiger partial charge on any atom is 0.328 e. The molecule has 1 fully saturated rings. The van der Waals surface area contributed by atoms with Crippen molar-refractivity contribution < 1.29 is 19.7 Å². The predicted octanol–water partition coefficient (Wildman–Crippen LogP) is 1.37. The monoisotopic (exact) mass is 291 g/mol. The van der Waals surface area contributed by atoms with Crippen LogP contribution in [0.1, 0.15) is 18.1 Å². The zero-order chi connectivity index (χ0) is 15.2. The minimum Gasteiger partial charge on any atom is -0.478 e. The fourth-order valence-corrected chi connectivity index (χ4v) is 2.53. The number of aliphatic carboxylic acids is 1. The molecule has 1 aromatic carbocycles. The fourth-order valence-electron chi connectivity index (χ4n) is 2.53. The number of aliphatic hydroxyl groups excluding tert-OH is 1. The minimum absolute atomic E-state index is 0.0414. The normalized spacial score (nSPS) is 23.5. The molecule has 1 heterocycles. The topological polar surface area (TPSA) is 70.0 Å². The Labute approximate surface area is 124 Å². The van der Waals surface area contributed by atoms with E-state index >= 15 is 0 Å². The lowest BCUT2D eigenvalue weighted by Gasteiger charge is -2.36. The molecule has 0 saturated carbocycles. The molecule has 1 aliphatic heterocycles. The maximum absolute atomic E-state index is 10.5. The van der Waals surface area contributed by atoms with E-state index in [4.69, 9.17) is 9.84 Å². The molecule has 114 valence electrons. The first-order valence-electron chi connectivity index (χ1n) is 7.05. The molecule has 2 rings (SSSR count). The third-order valence-corrected chi connectivity index (χ3v) is 3.41. The third kappa shape index (κ3) is 4.97. The Balaban J connectivity index is 1.95. The van der Waals surface area contributed by atoms with E-state index in [9.17, 15) is 9.90 Å². The summed E-state index contributed by atoms with van der Waals surface area (Å²) < 4.78 is 5.62. The average molecular weight is 291 g/mol. The summed E-state index contributed by atoms with van der Waals surface area (Å²) in [4.78, 5) is 12.7. The summed E-state index contributed by atoms with van der Waals surface area (Å²) in [6.07, 6.45) is 2.70. The van der Waals surface area contributed by atoms with Crippen LogP contribution in [0.3, 0.4) is 0 Å². The molecule has 1 aromatic rings. The molecule has 0 bridgehead atoms. The van der Waals surface area contributed by atoms with E-state index < -0.39 is 5.97 Å². The van der Waals surface area contributed by atoms with Gasteiger partial charge in [-0.1, -0.05) is 24.3 Å². The van der Waals surface area contributed by atoms with Crippen molar-refractivity contribution in [3.63, 3.8) is 0 Å². The van der Waals surface area contributed by atoms with Crippen molar-refractivity contribution in [2.75, 3.05) is 19.7 Å². The number of hydrogen-bond donors (Lipinski definition) is 2. The van der Waals surface area contributed by atoms with Gasteiger partial charge in [-0.3, -0.25) is 4.90 Å². The quantitative estimate of drug-likeness (QED) is 0.802. The van der Waals surface area contributed by atoms with Crippen LogP contribution in [0.4, 0.5) is 0 Å². The Morgan fingerprint density at radius 3 is 2.71 bits per heavy atom. The second-order valence-corrected chi connectivity index (χ2v) is 5.36. The number of hydrogen-bond acceptors (Lipinski definition) is 4. The van der Waals surface area contributed by atoms with Gasteiger partial charge in [-0.2, -0.15) is 0 Å². The van der Waals surface area contributed by atoms with Gasteiger partial charge in [0.05, 0.1) is 18.8 Å². The fraction of sp³-hybridized carbons (Fsp3) is 0.438. The van der Waals surface area contributed by atoms with E-state index in [-0.39, 0.29) is 18.8 Å². The van der Waals surface area contributed by atoms with Crippen LogP contribution in [0.15, 0.2) is 30.3 Å². The Kier molecular flexibility index (Phi) is 5.50. The van der Waals surface area contributed by atoms with Crippen molar-refractivity contribution in [1.82, 2.24) is 4.90 Å². The van der Waals surface area contributed by atoms with E-state index in [1.165, 1.54) is 0 Å². The molecule has 21 heavy (non-hydrogen) atoms. The lowest BCUT2D eigenvalue weighted by atomic mass is 10.1. The molecule has 1 saturated heterocycles. The highest BCUT2D eigenvalue weighted by Gasteiger charge is 2.24. The second-order valence-electron chi connectivity index (χ2n) is 5.36. The molecule has 5 heteroatoms. The minimum atomic E-state index is -0.948. The molecule has 0 amide bonds. The molecule has 0 spiro atoms. The van der Waals surface area contributed by atoms with Gasteiger partial charge >= 0.3 is 5.97 Å². The van der Waals surface area contributed by atoms with Gasteiger partial charge in [0.2, 0.25) is 0 Å². The molecular weight excluding hydrogens is 270 g/mol. The third-order valence-electron chi connectivity index (χ3n) is 3.41. The number of morpholine rings is 1. The van der Waals surface area contributed by atoms with E-state index in [1.54, 1.807) is 6.08 Å². The van der Waals surface area contributed by atoms with Crippen LogP contribution in [-0.2, 0) is 16.1 Å². The lowest BCUT2D eigenvalue weighted by molar-refractivity contribution is -0.131. The summed E-state index contributed by atoms with van der Waals surface area (Å²) in [5.74, 6) is -0.948. The average Bonchev–Trinajstić information content (AvgIpc) is 2.46. The smallest absolute Gasteiger partial charge is 0.328 e. The van der Waals surface area contributed by atoms with Crippen molar-refractivity contribution in [1.29, 1.82) is 0 Å². The van der Waals surface area contributed by atoms with E-state index in [0.717, 1.165) is 36.8 Å². The number of carboxylic acid groups (broad SMARTS) is 1. The Bertz CT molecular complexity index is 498. The van der Waals surface area contributed by atoms with E-state index in [0.29, 0.717) is 0 Å². The molecule has 1 aliphatic rings.